The number of aromatic amines is 3. The molecule has 6 rings (SSSR count). The second kappa shape index (κ2) is 7.13. The molecule has 8 bridgehead atoms. The molecule has 0 saturated heterocycles. The van der Waals surface area contributed by atoms with Crippen LogP contribution in [0.2, 0.25) is 0 Å². The van der Waals surface area contributed by atoms with Gasteiger partial charge in [-0.2, -0.15) is 0 Å². The molecule has 0 atom stereocenters. The highest BCUT2D eigenvalue weighted by molar-refractivity contribution is 6.07. The van der Waals surface area contributed by atoms with Crippen LogP contribution in [0.4, 0.5) is 0 Å². The summed E-state index contributed by atoms with van der Waals surface area (Å²) in [6, 6.07) is 13.3. The van der Waals surface area contributed by atoms with Crippen molar-refractivity contribution in [3.8, 4) is 0 Å². The van der Waals surface area contributed by atoms with Gasteiger partial charge in [0, 0.05) is 61.6 Å². The van der Waals surface area contributed by atoms with E-state index in [9.17, 15) is 0 Å². The molecule has 0 amide bonds. The molecule has 3 aromatic rings. The lowest BCUT2D eigenvalue weighted by Gasteiger charge is -2.27. The fraction of sp³-hybridized carbons (Fsp3) is 0.290. The van der Waals surface area contributed by atoms with Gasteiger partial charge in [-0.1, -0.05) is 6.08 Å². The van der Waals surface area contributed by atoms with Gasteiger partial charge in [0.15, 0.2) is 0 Å². The largest absolute Gasteiger partial charge is 0.361 e. The molecule has 176 valence electrons. The Morgan fingerprint density at radius 1 is 0.629 bits per heavy atom. The van der Waals surface area contributed by atoms with Gasteiger partial charge in [0.1, 0.15) is 0 Å². The number of nitrogens with zero attached hydrogens (tertiary/aromatic N) is 1. The van der Waals surface area contributed by atoms with Crippen LogP contribution in [-0.4, -0.2) is 20.7 Å². The maximum atomic E-state index is 5.18. The van der Waals surface area contributed by atoms with E-state index in [0.717, 1.165) is 39.6 Å². The average molecular weight is 461 g/mol. The van der Waals surface area contributed by atoms with Gasteiger partial charge in [-0.15, -0.1) is 5.73 Å². The minimum atomic E-state index is -0.270. The molecule has 0 radical (unpaired) electrons. The molecular formula is C31H32N4. The van der Waals surface area contributed by atoms with E-state index in [-0.39, 0.29) is 16.2 Å². The third-order valence-electron chi connectivity index (χ3n) is 8.10. The quantitative estimate of drug-likeness (QED) is 0.328. The summed E-state index contributed by atoms with van der Waals surface area (Å²) in [5, 5.41) is 0. The number of aromatic nitrogens is 3. The van der Waals surface area contributed by atoms with Crippen LogP contribution < -0.4 is 0 Å². The van der Waals surface area contributed by atoms with Crippen molar-refractivity contribution in [1.29, 1.82) is 0 Å². The zero-order valence-electron chi connectivity index (χ0n) is 21.3. The number of rotatable bonds is 1. The van der Waals surface area contributed by atoms with Gasteiger partial charge in [-0.3, -0.25) is 4.99 Å². The molecular weight excluding hydrogens is 428 g/mol. The Balaban J connectivity index is 1.63. The molecule has 0 unspecified atom stereocenters. The normalized spacial score (nSPS) is 23.0. The first kappa shape index (κ1) is 21.8. The van der Waals surface area contributed by atoms with E-state index in [0.29, 0.717) is 0 Å². The van der Waals surface area contributed by atoms with Crippen LogP contribution in [0.1, 0.15) is 75.7 Å². The number of allylic oxidation sites excluding steroid dienone is 6. The van der Waals surface area contributed by atoms with Crippen molar-refractivity contribution in [3.05, 3.63) is 118 Å². The van der Waals surface area contributed by atoms with Crippen molar-refractivity contribution in [2.45, 2.75) is 57.8 Å². The zero-order chi connectivity index (χ0) is 24.6. The Kier molecular flexibility index (Phi) is 4.43. The van der Waals surface area contributed by atoms with Crippen LogP contribution in [0.25, 0.3) is 5.57 Å². The van der Waals surface area contributed by atoms with Gasteiger partial charge < -0.3 is 15.0 Å². The number of fused-ring (bicyclic) bond motifs is 7. The highest BCUT2D eigenvalue weighted by atomic mass is 14.9. The van der Waals surface area contributed by atoms with Crippen molar-refractivity contribution in [2.75, 3.05) is 0 Å². The van der Waals surface area contributed by atoms with Crippen molar-refractivity contribution in [1.82, 2.24) is 15.0 Å². The Morgan fingerprint density at radius 2 is 1.17 bits per heavy atom. The van der Waals surface area contributed by atoms with E-state index in [4.69, 9.17) is 4.99 Å². The summed E-state index contributed by atoms with van der Waals surface area (Å²) in [7, 11) is 0. The number of hydrogen-bond donors (Lipinski definition) is 3. The van der Waals surface area contributed by atoms with E-state index < -0.39 is 0 Å². The van der Waals surface area contributed by atoms with Gasteiger partial charge in [-0.05, 0) is 102 Å². The molecule has 1 aliphatic carbocycles. The maximum absolute atomic E-state index is 5.18. The molecule has 0 aromatic carbocycles. The zero-order valence-corrected chi connectivity index (χ0v) is 21.3. The Hall–Kier alpha value is -3.75. The molecule has 3 aromatic heterocycles. The SMILES string of the molecule is CC1(C)C2=N/C(=C(/C3=C=CC=C3)c3ccc([nH]3)C(C)(C)c3ccc([nH]3)C(C)(C)c3ccc1[nH]3)C=C2. The van der Waals surface area contributed by atoms with Crippen LogP contribution in [-0.2, 0) is 16.2 Å². The number of aliphatic imine (C=N–C) groups is 1. The van der Waals surface area contributed by atoms with Crippen molar-refractivity contribution < 1.29 is 0 Å². The van der Waals surface area contributed by atoms with E-state index in [1.165, 1.54) is 17.1 Å². The van der Waals surface area contributed by atoms with Gasteiger partial charge in [0.2, 0.25) is 0 Å². The van der Waals surface area contributed by atoms with Crippen LogP contribution in [0, 0.1) is 0 Å². The van der Waals surface area contributed by atoms with E-state index in [1.54, 1.807) is 0 Å². The molecule has 4 nitrogen and oxygen atoms in total. The van der Waals surface area contributed by atoms with Crippen LogP contribution >= 0.6 is 0 Å². The first-order chi connectivity index (χ1) is 16.6. The molecule has 4 heteroatoms. The van der Waals surface area contributed by atoms with Crippen molar-refractivity contribution in [3.63, 3.8) is 0 Å². The summed E-state index contributed by atoms with van der Waals surface area (Å²) in [6.45, 7) is 13.5. The van der Waals surface area contributed by atoms with Gasteiger partial charge in [0.25, 0.3) is 0 Å². The fourth-order valence-electron chi connectivity index (χ4n) is 5.34. The lowest BCUT2D eigenvalue weighted by molar-refractivity contribution is 0.569. The van der Waals surface area contributed by atoms with Gasteiger partial charge in [0.05, 0.1) is 11.4 Å². The third kappa shape index (κ3) is 3.17. The smallest absolute Gasteiger partial charge is 0.0739 e. The number of nitrogens with one attached hydrogen (secondary N) is 3. The average Bonchev–Trinajstić information content (AvgIpc) is 3.63. The number of H-pyrrole nitrogens is 3. The standard InChI is InChI=1S/C31H32N4/c1-29(2)22-13-11-20(32-22)28(19-9-7-8-10-19)21-12-14-23(33-21)30(3,4)25-16-18-27(35-25)31(5,6)26-17-15-24(29)34-26/h7-9,11-18,32,34-35H,1-6H3/b28-21-. The summed E-state index contributed by atoms with van der Waals surface area (Å²) < 4.78 is 0. The molecule has 0 saturated carbocycles. The molecule has 0 spiro atoms. The molecule has 5 heterocycles. The highest BCUT2D eigenvalue weighted by Crippen LogP contribution is 2.40. The topological polar surface area (TPSA) is 59.7 Å². The Labute approximate surface area is 207 Å². The first-order valence-corrected chi connectivity index (χ1v) is 12.3. The second-order valence-corrected chi connectivity index (χ2v) is 11.4. The maximum Gasteiger partial charge on any atom is 0.0739 e. The summed E-state index contributed by atoms with van der Waals surface area (Å²) in [5.41, 5.74) is 13.8. The Bertz CT molecular complexity index is 1540. The van der Waals surface area contributed by atoms with E-state index in [2.05, 4.69) is 117 Å². The van der Waals surface area contributed by atoms with E-state index >= 15 is 0 Å². The van der Waals surface area contributed by atoms with Gasteiger partial charge >= 0.3 is 0 Å². The molecule has 3 aliphatic rings. The predicted molar refractivity (Wildman–Crippen MR) is 144 cm³/mol. The minimum absolute atomic E-state index is 0.195. The third-order valence-corrected chi connectivity index (χ3v) is 8.10. The summed E-state index contributed by atoms with van der Waals surface area (Å²) >= 11 is 0. The van der Waals surface area contributed by atoms with Gasteiger partial charge in [-0.25, -0.2) is 0 Å². The highest BCUT2D eigenvalue weighted by Gasteiger charge is 2.35. The van der Waals surface area contributed by atoms with Crippen molar-refractivity contribution >= 4 is 11.3 Å². The van der Waals surface area contributed by atoms with E-state index in [1.807, 2.05) is 12.2 Å². The molecule has 2 aliphatic heterocycles. The van der Waals surface area contributed by atoms with Crippen LogP contribution in [0.5, 0.6) is 0 Å². The molecule has 0 fully saturated rings. The van der Waals surface area contributed by atoms with Crippen LogP contribution in [0.15, 0.2) is 88.8 Å². The second-order valence-electron chi connectivity index (χ2n) is 11.4. The van der Waals surface area contributed by atoms with Crippen LogP contribution in [0.3, 0.4) is 0 Å². The summed E-state index contributed by atoms with van der Waals surface area (Å²) in [5.74, 6) is 0. The summed E-state index contributed by atoms with van der Waals surface area (Å²) in [4.78, 5) is 16.4. The Morgan fingerprint density at radius 3 is 1.74 bits per heavy atom. The lowest BCUT2D eigenvalue weighted by atomic mass is 9.84. The molecule has 3 N–H and O–H groups in total. The first-order valence-electron chi connectivity index (χ1n) is 12.3. The van der Waals surface area contributed by atoms with Crippen molar-refractivity contribution in [2.24, 2.45) is 4.99 Å². The molecule has 35 heavy (non-hydrogen) atoms. The summed E-state index contributed by atoms with van der Waals surface area (Å²) in [6.07, 6.45) is 10.4. The number of hydrogen-bond acceptors (Lipinski definition) is 1. The fourth-order valence-corrected chi connectivity index (χ4v) is 5.34. The minimum Gasteiger partial charge on any atom is -0.361 e. The predicted octanol–water partition coefficient (Wildman–Crippen LogP) is 6.99. The monoisotopic (exact) mass is 460 g/mol. The lowest BCUT2D eigenvalue weighted by Crippen LogP contribution is -2.28.